The van der Waals surface area contributed by atoms with E-state index < -0.39 is 0 Å². The molecule has 2 aromatic heterocycles. The number of rotatable bonds is 4. The largest absolute Gasteiger partial charge is 0.358 e. The van der Waals surface area contributed by atoms with Gasteiger partial charge in [-0.25, -0.2) is 4.39 Å². The van der Waals surface area contributed by atoms with Crippen LogP contribution in [0.1, 0.15) is 35.5 Å². The van der Waals surface area contributed by atoms with Crippen LogP contribution in [0.25, 0.3) is 10.9 Å². The molecule has 0 bridgehead atoms. The zero-order valence-corrected chi connectivity index (χ0v) is 15.3. The normalized spacial score (nSPS) is 14.0. The predicted octanol–water partition coefficient (Wildman–Crippen LogP) is 4.09. The molecule has 0 unspecified atom stereocenters. The van der Waals surface area contributed by atoms with Gasteiger partial charge < -0.3 is 14.5 Å². The van der Waals surface area contributed by atoms with Gasteiger partial charge in [-0.2, -0.15) is 0 Å². The number of aryl methyl sites for hydroxylation is 2. The highest BCUT2D eigenvalue weighted by Crippen LogP contribution is 2.28. The first kappa shape index (κ1) is 16.9. The molecule has 1 amide bonds. The van der Waals surface area contributed by atoms with Gasteiger partial charge >= 0.3 is 0 Å². The second-order valence-corrected chi connectivity index (χ2v) is 7.21. The molecule has 1 aliphatic rings. The molecule has 4 nitrogen and oxygen atoms in total. The Labute approximate surface area is 152 Å². The summed E-state index contributed by atoms with van der Waals surface area (Å²) in [6.07, 6.45) is 2.18. The maximum absolute atomic E-state index is 13.6. The van der Waals surface area contributed by atoms with Gasteiger partial charge in [0.25, 0.3) is 0 Å². The van der Waals surface area contributed by atoms with Crippen molar-refractivity contribution in [3.05, 3.63) is 58.8 Å². The van der Waals surface area contributed by atoms with Gasteiger partial charge in [0, 0.05) is 66.0 Å². The zero-order chi connectivity index (χ0) is 18.3. The Morgan fingerprint density at radius 2 is 1.96 bits per heavy atom. The molecule has 26 heavy (non-hydrogen) atoms. The van der Waals surface area contributed by atoms with E-state index in [-0.39, 0.29) is 11.7 Å². The average Bonchev–Trinajstić information content (AvgIpc) is 3.15. The van der Waals surface area contributed by atoms with Crippen molar-refractivity contribution in [3.8, 4) is 0 Å². The summed E-state index contributed by atoms with van der Waals surface area (Å²) in [6, 6.07) is 9.03. The van der Waals surface area contributed by atoms with Crippen molar-refractivity contribution in [2.75, 3.05) is 6.54 Å². The molecule has 0 fully saturated rings. The van der Waals surface area contributed by atoms with Gasteiger partial charge in [-0.15, -0.1) is 0 Å². The number of aromatic nitrogens is 2. The second kappa shape index (κ2) is 6.63. The molecule has 4 rings (SSSR count). The van der Waals surface area contributed by atoms with Crippen molar-refractivity contribution in [1.29, 1.82) is 0 Å². The molecular formula is C21H24FN3O. The summed E-state index contributed by atoms with van der Waals surface area (Å²) in [6.45, 7) is 6.35. The number of carbonyl (C=O) groups is 1. The summed E-state index contributed by atoms with van der Waals surface area (Å²) in [4.78, 5) is 17.9. The molecule has 0 saturated heterocycles. The Bertz CT molecular complexity index is 950. The first-order valence-corrected chi connectivity index (χ1v) is 9.22. The summed E-state index contributed by atoms with van der Waals surface area (Å²) in [5, 5.41) is 0.899. The molecule has 3 heterocycles. The van der Waals surface area contributed by atoms with Crippen LogP contribution < -0.4 is 0 Å². The third-order valence-corrected chi connectivity index (χ3v) is 5.48. The number of nitrogens with one attached hydrogen (secondary N) is 1. The Hall–Kier alpha value is -2.56. The van der Waals surface area contributed by atoms with Gasteiger partial charge in [-0.3, -0.25) is 4.79 Å². The maximum Gasteiger partial charge on any atom is 0.222 e. The van der Waals surface area contributed by atoms with E-state index >= 15 is 0 Å². The smallest absolute Gasteiger partial charge is 0.222 e. The summed E-state index contributed by atoms with van der Waals surface area (Å²) >= 11 is 0. The fraction of sp³-hybridized carbons (Fsp3) is 0.381. The minimum absolute atomic E-state index is 0.184. The van der Waals surface area contributed by atoms with Crippen LogP contribution in [0.3, 0.4) is 0 Å². The van der Waals surface area contributed by atoms with Crippen molar-refractivity contribution in [3.63, 3.8) is 0 Å². The van der Waals surface area contributed by atoms with Crippen LogP contribution in [0, 0.1) is 19.7 Å². The number of benzene rings is 1. The second-order valence-electron chi connectivity index (χ2n) is 7.21. The minimum Gasteiger partial charge on any atom is -0.358 e. The molecule has 1 N–H and O–H groups in total. The number of amides is 1. The van der Waals surface area contributed by atoms with E-state index in [1.807, 2.05) is 4.90 Å². The minimum atomic E-state index is -0.236. The third-order valence-electron chi connectivity index (χ3n) is 5.48. The fourth-order valence-electron chi connectivity index (χ4n) is 4.00. The SMILES string of the molecule is Cc1ccc(C)n1CCCC(=O)N1CCc2[nH]c3ccc(F)cc3c2C1. The van der Waals surface area contributed by atoms with Crippen LogP contribution in [0.2, 0.25) is 0 Å². The average molecular weight is 353 g/mol. The van der Waals surface area contributed by atoms with Crippen LogP contribution >= 0.6 is 0 Å². The van der Waals surface area contributed by atoms with Crippen LogP contribution in [0.15, 0.2) is 30.3 Å². The topological polar surface area (TPSA) is 41.0 Å². The van der Waals surface area contributed by atoms with Crippen molar-refractivity contribution < 1.29 is 9.18 Å². The van der Waals surface area contributed by atoms with Gasteiger partial charge in [-0.1, -0.05) is 0 Å². The lowest BCUT2D eigenvalue weighted by Crippen LogP contribution is -2.35. The number of hydrogen-bond acceptors (Lipinski definition) is 1. The van der Waals surface area contributed by atoms with Crippen molar-refractivity contribution in [1.82, 2.24) is 14.5 Å². The standard InChI is InChI=1S/C21H24FN3O/c1-14-5-6-15(2)25(14)10-3-4-21(26)24-11-9-20-18(13-24)17-12-16(22)7-8-19(17)23-20/h5-8,12,23H,3-4,9-11,13H2,1-2H3. The van der Waals surface area contributed by atoms with Gasteiger partial charge in [-0.05, 0) is 50.6 Å². The van der Waals surface area contributed by atoms with Gasteiger partial charge in [0.05, 0.1) is 0 Å². The summed E-state index contributed by atoms with van der Waals surface area (Å²) in [7, 11) is 0. The molecule has 0 saturated carbocycles. The van der Waals surface area contributed by atoms with E-state index in [0.717, 1.165) is 48.1 Å². The molecule has 0 aliphatic carbocycles. The van der Waals surface area contributed by atoms with E-state index in [9.17, 15) is 9.18 Å². The van der Waals surface area contributed by atoms with E-state index in [0.29, 0.717) is 13.0 Å². The summed E-state index contributed by atoms with van der Waals surface area (Å²) in [5.74, 6) is -0.0518. The highest BCUT2D eigenvalue weighted by molar-refractivity contribution is 5.86. The quantitative estimate of drug-likeness (QED) is 0.754. The van der Waals surface area contributed by atoms with E-state index in [1.54, 1.807) is 12.1 Å². The molecule has 136 valence electrons. The molecule has 0 spiro atoms. The molecule has 0 radical (unpaired) electrons. The predicted molar refractivity (Wildman–Crippen MR) is 101 cm³/mol. The first-order chi connectivity index (χ1) is 12.5. The number of halogens is 1. The van der Waals surface area contributed by atoms with Gasteiger partial charge in [0.1, 0.15) is 5.82 Å². The van der Waals surface area contributed by atoms with E-state index in [2.05, 4.69) is 35.5 Å². The Balaban J connectivity index is 1.42. The fourth-order valence-corrected chi connectivity index (χ4v) is 4.00. The van der Waals surface area contributed by atoms with Gasteiger partial charge in [0.2, 0.25) is 5.91 Å². The van der Waals surface area contributed by atoms with Crippen LogP contribution in [-0.4, -0.2) is 26.9 Å². The number of aromatic amines is 1. The number of H-pyrrole nitrogens is 1. The van der Waals surface area contributed by atoms with Crippen molar-refractivity contribution >= 4 is 16.8 Å². The van der Waals surface area contributed by atoms with E-state index in [4.69, 9.17) is 0 Å². The maximum atomic E-state index is 13.6. The first-order valence-electron chi connectivity index (χ1n) is 9.22. The monoisotopic (exact) mass is 353 g/mol. The lowest BCUT2D eigenvalue weighted by molar-refractivity contribution is -0.132. The lowest BCUT2D eigenvalue weighted by atomic mass is 10.0. The van der Waals surface area contributed by atoms with E-state index in [1.165, 1.54) is 17.5 Å². The Morgan fingerprint density at radius 1 is 1.19 bits per heavy atom. The number of nitrogens with zero attached hydrogens (tertiary/aromatic N) is 2. The molecule has 0 atom stereocenters. The Kier molecular flexibility index (Phi) is 4.31. The molecule has 5 heteroatoms. The summed E-state index contributed by atoms with van der Waals surface area (Å²) in [5.41, 5.74) is 5.62. The summed E-state index contributed by atoms with van der Waals surface area (Å²) < 4.78 is 15.9. The zero-order valence-electron chi connectivity index (χ0n) is 15.3. The lowest BCUT2D eigenvalue weighted by Gasteiger charge is -2.27. The number of fused-ring (bicyclic) bond motifs is 3. The van der Waals surface area contributed by atoms with Crippen LogP contribution in [-0.2, 0) is 24.3 Å². The van der Waals surface area contributed by atoms with Crippen molar-refractivity contribution in [2.24, 2.45) is 0 Å². The molecule has 3 aromatic rings. The highest BCUT2D eigenvalue weighted by atomic mass is 19.1. The number of carbonyl (C=O) groups excluding carboxylic acids is 1. The third kappa shape index (κ3) is 3.02. The number of hydrogen-bond donors (Lipinski definition) is 1. The van der Waals surface area contributed by atoms with Gasteiger partial charge in [0.15, 0.2) is 0 Å². The van der Waals surface area contributed by atoms with Crippen molar-refractivity contribution in [2.45, 2.75) is 46.2 Å². The Morgan fingerprint density at radius 3 is 2.73 bits per heavy atom. The van der Waals surface area contributed by atoms with Crippen LogP contribution in [0.5, 0.6) is 0 Å². The molecule has 1 aromatic carbocycles. The molecule has 1 aliphatic heterocycles. The van der Waals surface area contributed by atoms with Crippen LogP contribution in [0.4, 0.5) is 4.39 Å². The highest BCUT2D eigenvalue weighted by Gasteiger charge is 2.24. The molecular weight excluding hydrogens is 329 g/mol.